The number of ether oxygens (including phenoxy) is 1. The van der Waals surface area contributed by atoms with Gasteiger partial charge in [-0.25, -0.2) is 0 Å². The summed E-state index contributed by atoms with van der Waals surface area (Å²) < 4.78 is 5.69. The van der Waals surface area contributed by atoms with Crippen LogP contribution in [0.5, 0.6) is 5.75 Å². The highest BCUT2D eigenvalue weighted by molar-refractivity contribution is 5.29. The van der Waals surface area contributed by atoms with Crippen LogP contribution in [0, 0.1) is 0 Å². The van der Waals surface area contributed by atoms with Gasteiger partial charge in [-0.05, 0) is 35.8 Å². The molecule has 2 aromatic rings. The lowest BCUT2D eigenvalue weighted by Gasteiger charge is -2.06. The number of hydrogen-bond acceptors (Lipinski definition) is 3. The normalized spacial score (nSPS) is 11.2. The molecule has 0 fully saturated rings. The number of rotatable bonds is 6. The minimum Gasteiger partial charge on any atom is -0.489 e. The molecule has 2 aromatic carbocycles. The van der Waals surface area contributed by atoms with Crippen LogP contribution in [0.3, 0.4) is 0 Å². The van der Waals surface area contributed by atoms with E-state index in [1.54, 1.807) is 6.08 Å². The second-order valence-electron chi connectivity index (χ2n) is 4.46. The van der Waals surface area contributed by atoms with Crippen molar-refractivity contribution in [2.45, 2.75) is 19.3 Å². The van der Waals surface area contributed by atoms with Crippen LogP contribution in [-0.2, 0) is 13.0 Å². The zero-order valence-corrected chi connectivity index (χ0v) is 11.1. The Morgan fingerprint density at radius 2 is 1.60 bits per heavy atom. The predicted molar refractivity (Wildman–Crippen MR) is 78.3 cm³/mol. The van der Waals surface area contributed by atoms with E-state index in [1.165, 1.54) is 6.08 Å². The second-order valence-corrected chi connectivity index (χ2v) is 4.46. The average molecular weight is 270 g/mol. The highest BCUT2D eigenvalue weighted by atomic mass is 16.5. The van der Waals surface area contributed by atoms with Gasteiger partial charge in [0.15, 0.2) is 6.29 Å². The van der Waals surface area contributed by atoms with E-state index in [-0.39, 0.29) is 0 Å². The van der Waals surface area contributed by atoms with Crippen molar-refractivity contribution in [3.05, 3.63) is 77.9 Å². The summed E-state index contributed by atoms with van der Waals surface area (Å²) in [5.74, 6) is 0.823. The molecule has 2 rings (SSSR count). The fourth-order valence-electron chi connectivity index (χ4n) is 1.79. The van der Waals surface area contributed by atoms with Crippen LogP contribution in [0.4, 0.5) is 0 Å². The van der Waals surface area contributed by atoms with Crippen molar-refractivity contribution in [2.24, 2.45) is 0 Å². The lowest BCUT2D eigenvalue weighted by molar-refractivity contribution is 0.00221. The maximum Gasteiger partial charge on any atom is 0.171 e. The Morgan fingerprint density at radius 1 is 0.900 bits per heavy atom. The van der Waals surface area contributed by atoms with Crippen molar-refractivity contribution >= 4 is 0 Å². The summed E-state index contributed by atoms with van der Waals surface area (Å²) in [6.07, 6.45) is 2.35. The largest absolute Gasteiger partial charge is 0.489 e. The Balaban J connectivity index is 1.85. The van der Waals surface area contributed by atoms with E-state index in [0.29, 0.717) is 13.0 Å². The van der Waals surface area contributed by atoms with Gasteiger partial charge in [-0.15, -0.1) is 0 Å². The van der Waals surface area contributed by atoms with Crippen LogP contribution in [0.1, 0.15) is 11.1 Å². The minimum absolute atomic E-state index is 0.552. The summed E-state index contributed by atoms with van der Waals surface area (Å²) in [5, 5.41) is 17.4. The quantitative estimate of drug-likeness (QED) is 0.626. The van der Waals surface area contributed by atoms with Gasteiger partial charge in [0.25, 0.3) is 0 Å². The van der Waals surface area contributed by atoms with Crippen molar-refractivity contribution in [1.29, 1.82) is 0 Å². The van der Waals surface area contributed by atoms with Crippen LogP contribution >= 0.6 is 0 Å². The molecule has 0 atom stereocenters. The van der Waals surface area contributed by atoms with Crippen LogP contribution in [0.25, 0.3) is 0 Å². The van der Waals surface area contributed by atoms with E-state index in [4.69, 9.17) is 14.9 Å². The van der Waals surface area contributed by atoms with Crippen molar-refractivity contribution in [1.82, 2.24) is 0 Å². The second kappa shape index (κ2) is 7.48. The monoisotopic (exact) mass is 270 g/mol. The Bertz CT molecular complexity index is 530. The number of allylic oxidation sites excluding steroid dienone is 1. The molecule has 0 saturated carbocycles. The van der Waals surface area contributed by atoms with E-state index in [9.17, 15) is 0 Å². The fourth-order valence-corrected chi connectivity index (χ4v) is 1.79. The molecule has 0 aliphatic heterocycles. The fraction of sp³-hybridized carbons (Fsp3) is 0.176. The molecule has 3 nitrogen and oxygen atoms in total. The lowest BCUT2D eigenvalue weighted by atomic mass is 10.1. The molecule has 0 heterocycles. The standard InChI is InChI=1S/C17H18O3/c18-17(19)8-4-7-14-9-11-16(12-10-14)20-13-15-5-2-1-3-6-15/h1-6,8-12,17-19H,7,13H2. The first-order chi connectivity index (χ1) is 9.74. The van der Waals surface area contributed by atoms with E-state index in [2.05, 4.69) is 0 Å². The summed E-state index contributed by atoms with van der Waals surface area (Å²) in [4.78, 5) is 0. The zero-order chi connectivity index (χ0) is 14.2. The van der Waals surface area contributed by atoms with Crippen LogP contribution in [0.2, 0.25) is 0 Å². The molecule has 0 radical (unpaired) electrons. The van der Waals surface area contributed by atoms with Gasteiger partial charge >= 0.3 is 0 Å². The summed E-state index contributed by atoms with van der Waals surface area (Å²) in [6.45, 7) is 0.552. The van der Waals surface area contributed by atoms with E-state index < -0.39 is 6.29 Å². The van der Waals surface area contributed by atoms with Crippen molar-refractivity contribution in [3.63, 3.8) is 0 Å². The third kappa shape index (κ3) is 4.88. The lowest BCUT2D eigenvalue weighted by Crippen LogP contribution is -1.97. The van der Waals surface area contributed by atoms with Gasteiger partial charge in [0.05, 0.1) is 0 Å². The molecule has 0 unspecified atom stereocenters. The molecule has 0 aromatic heterocycles. The molecular formula is C17H18O3. The highest BCUT2D eigenvalue weighted by Crippen LogP contribution is 2.14. The summed E-state index contributed by atoms with van der Waals surface area (Å²) >= 11 is 0. The molecule has 0 aliphatic rings. The molecule has 0 aliphatic carbocycles. The molecule has 0 amide bonds. The molecule has 3 heteroatoms. The number of aliphatic hydroxyl groups excluding tert-OH is 1. The zero-order valence-electron chi connectivity index (χ0n) is 11.1. The van der Waals surface area contributed by atoms with E-state index in [0.717, 1.165) is 16.9 Å². The SMILES string of the molecule is OC(O)C=CCc1ccc(OCc2ccccc2)cc1. The van der Waals surface area contributed by atoms with Gasteiger partial charge in [0.1, 0.15) is 12.4 Å². The maximum atomic E-state index is 8.70. The summed E-state index contributed by atoms with van der Waals surface area (Å²) in [6, 6.07) is 17.8. The van der Waals surface area contributed by atoms with Crippen LogP contribution in [-0.4, -0.2) is 16.5 Å². The number of hydrogen-bond donors (Lipinski definition) is 2. The van der Waals surface area contributed by atoms with Crippen molar-refractivity contribution < 1.29 is 14.9 Å². The predicted octanol–water partition coefficient (Wildman–Crippen LogP) is 2.68. The van der Waals surface area contributed by atoms with Gasteiger partial charge in [-0.3, -0.25) is 0 Å². The van der Waals surface area contributed by atoms with Gasteiger partial charge < -0.3 is 14.9 Å². The molecule has 2 N–H and O–H groups in total. The molecule has 20 heavy (non-hydrogen) atoms. The van der Waals surface area contributed by atoms with Crippen molar-refractivity contribution in [3.8, 4) is 5.75 Å². The first kappa shape index (κ1) is 14.3. The highest BCUT2D eigenvalue weighted by Gasteiger charge is 1.96. The number of benzene rings is 2. The third-order valence-electron chi connectivity index (χ3n) is 2.83. The molecular weight excluding hydrogens is 252 g/mol. The summed E-state index contributed by atoms with van der Waals surface area (Å²) in [5.41, 5.74) is 2.23. The molecule has 0 bridgehead atoms. The Labute approximate surface area is 118 Å². The van der Waals surface area contributed by atoms with Gasteiger partial charge in [0, 0.05) is 0 Å². The molecule has 104 valence electrons. The van der Waals surface area contributed by atoms with Crippen molar-refractivity contribution in [2.75, 3.05) is 0 Å². The minimum atomic E-state index is -1.39. The Kier molecular flexibility index (Phi) is 5.35. The third-order valence-corrected chi connectivity index (χ3v) is 2.83. The van der Waals surface area contributed by atoms with Gasteiger partial charge in [0.2, 0.25) is 0 Å². The Morgan fingerprint density at radius 3 is 2.25 bits per heavy atom. The van der Waals surface area contributed by atoms with E-state index in [1.807, 2.05) is 54.6 Å². The van der Waals surface area contributed by atoms with Gasteiger partial charge in [-0.2, -0.15) is 0 Å². The molecule has 0 saturated heterocycles. The molecule has 0 spiro atoms. The first-order valence-corrected chi connectivity index (χ1v) is 6.52. The van der Waals surface area contributed by atoms with Gasteiger partial charge in [-0.1, -0.05) is 48.5 Å². The average Bonchev–Trinajstić information content (AvgIpc) is 2.47. The van der Waals surface area contributed by atoms with Crippen LogP contribution < -0.4 is 4.74 Å². The first-order valence-electron chi connectivity index (χ1n) is 6.52. The number of aliphatic hydroxyl groups is 2. The smallest absolute Gasteiger partial charge is 0.171 e. The maximum absolute atomic E-state index is 8.70. The summed E-state index contributed by atoms with van der Waals surface area (Å²) in [7, 11) is 0. The van der Waals surface area contributed by atoms with Crippen LogP contribution in [0.15, 0.2) is 66.7 Å². The van der Waals surface area contributed by atoms with E-state index >= 15 is 0 Å². The Hall–Kier alpha value is -2.10. The topological polar surface area (TPSA) is 49.7 Å².